The molecule has 1 N–H and O–H groups in total. The van der Waals surface area contributed by atoms with E-state index in [0.717, 1.165) is 12.4 Å². The highest BCUT2D eigenvalue weighted by atomic mass is 15.2. The number of rotatable bonds is 4. The Labute approximate surface area is 117 Å². The average Bonchev–Trinajstić information content (AvgIpc) is 2.89. The molecule has 0 aromatic carbocycles. The van der Waals surface area contributed by atoms with Crippen LogP contribution >= 0.6 is 0 Å². The van der Waals surface area contributed by atoms with E-state index in [4.69, 9.17) is 0 Å². The highest BCUT2D eigenvalue weighted by Crippen LogP contribution is 2.22. The lowest BCUT2D eigenvalue weighted by atomic mass is 9.88. The third-order valence-electron chi connectivity index (χ3n) is 3.97. The normalized spacial score (nSPS) is 18.5. The minimum absolute atomic E-state index is 0.175. The maximum absolute atomic E-state index is 4.51. The van der Waals surface area contributed by atoms with Gasteiger partial charge in [-0.05, 0) is 49.9 Å². The van der Waals surface area contributed by atoms with Gasteiger partial charge in [0.2, 0.25) is 0 Å². The predicted octanol–water partition coefficient (Wildman–Crippen LogP) is 3.28. The predicted molar refractivity (Wildman–Crippen MR) is 81.7 cm³/mol. The zero-order chi connectivity index (χ0) is 13.9. The molecule has 1 saturated heterocycles. The van der Waals surface area contributed by atoms with Gasteiger partial charge < -0.3 is 5.32 Å². The smallest absolute Gasteiger partial charge is 0.125 e. The number of nitrogens with one attached hydrogen (secondary N) is 1. The minimum atomic E-state index is 0.175. The number of nitrogens with zero attached hydrogens (tertiary/aromatic N) is 2. The topological polar surface area (TPSA) is 28.2 Å². The second-order valence-electron chi connectivity index (χ2n) is 6.66. The first-order valence-electron chi connectivity index (χ1n) is 7.41. The molecule has 3 nitrogen and oxygen atoms in total. The summed E-state index contributed by atoms with van der Waals surface area (Å²) in [5, 5.41) is 3.45. The van der Waals surface area contributed by atoms with Crippen molar-refractivity contribution in [1.29, 1.82) is 0 Å². The molecule has 1 aliphatic heterocycles. The molecule has 1 unspecified atom stereocenters. The van der Waals surface area contributed by atoms with Crippen LogP contribution in [0.4, 0.5) is 5.82 Å². The highest BCUT2D eigenvalue weighted by molar-refractivity contribution is 5.37. The van der Waals surface area contributed by atoms with Gasteiger partial charge in [0.15, 0.2) is 0 Å². The van der Waals surface area contributed by atoms with Crippen molar-refractivity contribution in [3.8, 4) is 0 Å². The molecular formula is C16H27N3. The zero-order valence-electron chi connectivity index (χ0n) is 12.7. The van der Waals surface area contributed by atoms with Gasteiger partial charge in [-0.15, -0.1) is 0 Å². The lowest BCUT2D eigenvalue weighted by Crippen LogP contribution is -2.35. The van der Waals surface area contributed by atoms with Gasteiger partial charge >= 0.3 is 0 Å². The number of pyridine rings is 1. The summed E-state index contributed by atoms with van der Waals surface area (Å²) in [6.07, 6.45) is 4.69. The van der Waals surface area contributed by atoms with Crippen LogP contribution in [0.2, 0.25) is 0 Å². The van der Waals surface area contributed by atoms with Gasteiger partial charge in [-0.1, -0.05) is 26.8 Å². The Morgan fingerprint density at radius 1 is 1.26 bits per heavy atom. The van der Waals surface area contributed by atoms with E-state index >= 15 is 0 Å². The summed E-state index contributed by atoms with van der Waals surface area (Å²) in [5.74, 6) is 0.985. The molecule has 106 valence electrons. The second-order valence-corrected chi connectivity index (χ2v) is 6.66. The number of likely N-dealkylation sites (tertiary alicyclic amines) is 1. The van der Waals surface area contributed by atoms with Gasteiger partial charge in [-0.25, -0.2) is 4.98 Å². The van der Waals surface area contributed by atoms with Gasteiger partial charge in [-0.2, -0.15) is 0 Å². The van der Waals surface area contributed by atoms with Crippen LogP contribution in [0.15, 0.2) is 18.3 Å². The molecule has 1 aromatic rings. The van der Waals surface area contributed by atoms with E-state index in [9.17, 15) is 0 Å². The van der Waals surface area contributed by atoms with Crippen LogP contribution < -0.4 is 5.32 Å². The minimum Gasteiger partial charge on any atom is -0.369 e. The molecule has 0 amide bonds. The van der Waals surface area contributed by atoms with Crippen LogP contribution in [0.1, 0.15) is 46.1 Å². The van der Waals surface area contributed by atoms with Crippen molar-refractivity contribution in [2.75, 3.05) is 25.0 Å². The van der Waals surface area contributed by atoms with E-state index in [2.05, 4.69) is 55.0 Å². The number of anilines is 1. The maximum atomic E-state index is 4.51. The van der Waals surface area contributed by atoms with E-state index in [1.165, 1.54) is 31.5 Å². The molecule has 3 heteroatoms. The summed E-state index contributed by atoms with van der Waals surface area (Å²) in [4.78, 5) is 7.07. The summed E-state index contributed by atoms with van der Waals surface area (Å²) in [6.45, 7) is 12.4. The Hall–Kier alpha value is -1.09. The fraction of sp³-hybridized carbons (Fsp3) is 0.688. The summed E-state index contributed by atoms with van der Waals surface area (Å²) in [5.41, 5.74) is 1.46. The van der Waals surface area contributed by atoms with Crippen molar-refractivity contribution < 1.29 is 0 Å². The maximum Gasteiger partial charge on any atom is 0.125 e. The van der Waals surface area contributed by atoms with E-state index in [1.807, 2.05) is 6.20 Å². The van der Waals surface area contributed by atoms with Crippen molar-refractivity contribution >= 4 is 5.82 Å². The van der Waals surface area contributed by atoms with Gasteiger partial charge in [0.25, 0.3) is 0 Å². The van der Waals surface area contributed by atoms with Gasteiger partial charge in [-0.3, -0.25) is 4.90 Å². The lowest BCUT2D eigenvalue weighted by Gasteiger charge is -2.24. The van der Waals surface area contributed by atoms with Gasteiger partial charge in [0.1, 0.15) is 5.82 Å². The molecule has 1 atom stereocenters. The molecule has 0 saturated carbocycles. The lowest BCUT2D eigenvalue weighted by molar-refractivity contribution is 0.269. The molecule has 1 aliphatic rings. The van der Waals surface area contributed by atoms with Crippen molar-refractivity contribution in [1.82, 2.24) is 9.88 Å². The van der Waals surface area contributed by atoms with E-state index in [1.54, 1.807) is 0 Å². The monoisotopic (exact) mass is 261 g/mol. The summed E-state index contributed by atoms with van der Waals surface area (Å²) >= 11 is 0. The van der Waals surface area contributed by atoms with Crippen molar-refractivity contribution in [2.45, 2.75) is 52.0 Å². The van der Waals surface area contributed by atoms with E-state index < -0.39 is 0 Å². The van der Waals surface area contributed by atoms with Crippen LogP contribution in [0.5, 0.6) is 0 Å². The summed E-state index contributed by atoms with van der Waals surface area (Å²) < 4.78 is 0. The largest absolute Gasteiger partial charge is 0.369 e. The third kappa shape index (κ3) is 3.93. The van der Waals surface area contributed by atoms with Crippen LogP contribution in [-0.2, 0) is 5.41 Å². The number of hydrogen-bond acceptors (Lipinski definition) is 3. The molecule has 2 rings (SSSR count). The molecule has 0 radical (unpaired) electrons. The quantitative estimate of drug-likeness (QED) is 0.901. The van der Waals surface area contributed by atoms with Crippen molar-refractivity contribution in [3.63, 3.8) is 0 Å². The molecule has 2 heterocycles. The van der Waals surface area contributed by atoms with Crippen LogP contribution in [0, 0.1) is 0 Å². The molecule has 0 spiro atoms. The molecule has 1 aromatic heterocycles. The fourth-order valence-electron chi connectivity index (χ4n) is 2.51. The Kier molecular flexibility index (Phi) is 4.46. The van der Waals surface area contributed by atoms with Crippen molar-refractivity contribution in [2.24, 2.45) is 0 Å². The Morgan fingerprint density at radius 2 is 1.95 bits per heavy atom. The van der Waals surface area contributed by atoms with Gasteiger partial charge in [0, 0.05) is 18.8 Å². The van der Waals surface area contributed by atoms with E-state index in [-0.39, 0.29) is 5.41 Å². The SMILES string of the molecule is CC(CNc1ccc(C(C)(C)C)cn1)N1CCCC1. The fourth-order valence-corrected chi connectivity index (χ4v) is 2.51. The third-order valence-corrected chi connectivity index (χ3v) is 3.97. The number of hydrogen-bond donors (Lipinski definition) is 1. The van der Waals surface area contributed by atoms with Crippen LogP contribution in [0.25, 0.3) is 0 Å². The first-order valence-corrected chi connectivity index (χ1v) is 7.41. The first-order chi connectivity index (χ1) is 8.97. The number of aromatic nitrogens is 1. The van der Waals surface area contributed by atoms with E-state index in [0.29, 0.717) is 6.04 Å². The molecule has 0 aliphatic carbocycles. The summed E-state index contributed by atoms with van der Waals surface area (Å²) in [6, 6.07) is 4.86. The Balaban J connectivity index is 1.86. The summed E-state index contributed by atoms with van der Waals surface area (Å²) in [7, 11) is 0. The average molecular weight is 261 g/mol. The first kappa shape index (κ1) is 14.3. The Bertz CT molecular complexity index is 385. The zero-order valence-corrected chi connectivity index (χ0v) is 12.7. The Morgan fingerprint density at radius 3 is 2.47 bits per heavy atom. The molecule has 19 heavy (non-hydrogen) atoms. The second kappa shape index (κ2) is 5.91. The molecular weight excluding hydrogens is 234 g/mol. The standard InChI is InChI=1S/C16H27N3/c1-13(19-9-5-6-10-19)11-17-15-8-7-14(12-18-15)16(2,3)4/h7-8,12-13H,5-6,9-11H2,1-4H3,(H,17,18). The molecule has 0 bridgehead atoms. The van der Waals surface area contributed by atoms with Crippen molar-refractivity contribution in [3.05, 3.63) is 23.9 Å². The van der Waals surface area contributed by atoms with Crippen LogP contribution in [0.3, 0.4) is 0 Å². The van der Waals surface area contributed by atoms with Crippen LogP contribution in [-0.4, -0.2) is 35.6 Å². The van der Waals surface area contributed by atoms with Gasteiger partial charge in [0.05, 0.1) is 0 Å². The highest BCUT2D eigenvalue weighted by Gasteiger charge is 2.18. The molecule has 1 fully saturated rings.